The van der Waals surface area contributed by atoms with Crippen molar-refractivity contribution in [2.24, 2.45) is 0 Å². The lowest BCUT2D eigenvalue weighted by Crippen LogP contribution is -2.41. The Morgan fingerprint density at radius 1 is 1.12 bits per heavy atom. The van der Waals surface area contributed by atoms with E-state index in [4.69, 9.17) is 10.2 Å². The number of Topliss-reactive ketones (excluding diaryl/α,β-unsaturated/α-hetero) is 1. The first-order valence-corrected chi connectivity index (χ1v) is 5.18. The average molecular weight is 250 g/mol. The Morgan fingerprint density at radius 2 is 1.65 bits per heavy atom. The molecule has 100 valence electrons. The van der Waals surface area contributed by atoms with Gasteiger partial charge in [-0.15, -0.1) is 0 Å². The Balaban J connectivity index is 4.24. The molecule has 0 aliphatic rings. The zero-order valence-corrected chi connectivity index (χ0v) is 9.74. The van der Waals surface area contributed by atoms with E-state index < -0.39 is 49.2 Å². The lowest BCUT2D eigenvalue weighted by atomic mass is 10.0. The molecule has 0 amide bonds. The van der Waals surface area contributed by atoms with Gasteiger partial charge in [0.05, 0.1) is 18.8 Å². The van der Waals surface area contributed by atoms with Crippen molar-refractivity contribution in [3.8, 4) is 0 Å². The third-order valence-electron chi connectivity index (χ3n) is 1.94. The minimum atomic E-state index is -1.70. The van der Waals surface area contributed by atoms with Crippen molar-refractivity contribution in [3.05, 3.63) is 0 Å². The molecular weight excluding hydrogens is 232 g/mol. The summed E-state index contributed by atoms with van der Waals surface area (Å²) in [6, 6.07) is 0. The van der Waals surface area contributed by atoms with Crippen LogP contribution in [-0.4, -0.2) is 63.2 Å². The number of aliphatic hydroxyl groups is 4. The number of ether oxygens (including phenoxy) is 1. The number of hydrogen-bond donors (Lipinski definition) is 4. The number of esters is 1. The zero-order chi connectivity index (χ0) is 13.6. The molecule has 0 aromatic carbocycles. The van der Waals surface area contributed by atoms with E-state index in [0.717, 1.165) is 0 Å². The molecular formula is C10H18O7. The van der Waals surface area contributed by atoms with Crippen LogP contribution in [0.2, 0.25) is 0 Å². The Kier molecular flexibility index (Phi) is 6.89. The molecule has 0 aliphatic carbocycles. The van der Waals surface area contributed by atoms with Crippen LogP contribution in [0, 0.1) is 0 Å². The number of rotatable bonds is 7. The summed E-state index contributed by atoms with van der Waals surface area (Å²) in [5, 5.41) is 36.1. The van der Waals surface area contributed by atoms with Crippen LogP contribution in [-0.2, 0) is 14.3 Å². The molecule has 4 N–H and O–H groups in total. The van der Waals surface area contributed by atoms with Crippen molar-refractivity contribution in [3.63, 3.8) is 0 Å². The molecule has 7 heteroatoms. The van der Waals surface area contributed by atoms with E-state index >= 15 is 0 Å². The minimum absolute atomic E-state index is 0.462. The molecule has 0 unspecified atom stereocenters. The Hall–Kier alpha value is -1.02. The topological polar surface area (TPSA) is 124 Å². The van der Waals surface area contributed by atoms with Crippen LogP contribution >= 0.6 is 0 Å². The second-order valence-electron chi connectivity index (χ2n) is 3.89. The number of hydrogen-bond acceptors (Lipinski definition) is 7. The fourth-order valence-electron chi connectivity index (χ4n) is 1.04. The highest BCUT2D eigenvalue weighted by Crippen LogP contribution is 2.06. The van der Waals surface area contributed by atoms with Gasteiger partial charge in [-0.2, -0.15) is 0 Å². The molecule has 17 heavy (non-hydrogen) atoms. The van der Waals surface area contributed by atoms with Gasteiger partial charge in [0.1, 0.15) is 12.2 Å². The Labute approximate surface area is 98.6 Å². The standard InChI is InChI=1S/C10H18O7/c1-5(2)17-10(16)7(13)3-6(12)9(15)8(14)4-11/h5-6,8-9,11-12,14-15H,3-4H2,1-2H3/t6-,8-,9+/m1/s1. The van der Waals surface area contributed by atoms with Crippen LogP contribution in [0.15, 0.2) is 0 Å². The first-order valence-electron chi connectivity index (χ1n) is 5.18. The average Bonchev–Trinajstić information content (AvgIpc) is 2.25. The second kappa shape index (κ2) is 7.33. The number of aliphatic hydroxyl groups excluding tert-OH is 4. The van der Waals surface area contributed by atoms with E-state index in [2.05, 4.69) is 4.74 Å². The van der Waals surface area contributed by atoms with Gasteiger partial charge in [-0.05, 0) is 13.8 Å². The number of carbonyl (C=O) groups excluding carboxylic acids is 2. The van der Waals surface area contributed by atoms with E-state index in [1.54, 1.807) is 13.8 Å². The predicted molar refractivity (Wildman–Crippen MR) is 56.0 cm³/mol. The molecule has 0 saturated carbocycles. The lowest BCUT2D eigenvalue weighted by molar-refractivity contribution is -0.159. The molecule has 0 aliphatic heterocycles. The minimum Gasteiger partial charge on any atom is -0.457 e. The van der Waals surface area contributed by atoms with Gasteiger partial charge in [0.25, 0.3) is 0 Å². The first-order chi connectivity index (χ1) is 7.79. The summed E-state index contributed by atoms with van der Waals surface area (Å²) >= 11 is 0. The summed E-state index contributed by atoms with van der Waals surface area (Å²) < 4.78 is 4.59. The van der Waals surface area contributed by atoms with Crippen LogP contribution in [0.25, 0.3) is 0 Å². The summed E-state index contributed by atoms with van der Waals surface area (Å²) in [5.74, 6) is -2.11. The quantitative estimate of drug-likeness (QED) is 0.303. The van der Waals surface area contributed by atoms with Gasteiger partial charge >= 0.3 is 5.97 Å². The van der Waals surface area contributed by atoms with Gasteiger partial charge < -0.3 is 25.2 Å². The largest absolute Gasteiger partial charge is 0.457 e. The van der Waals surface area contributed by atoms with Crippen LogP contribution in [0.5, 0.6) is 0 Å². The van der Waals surface area contributed by atoms with Crippen LogP contribution in [0.1, 0.15) is 20.3 Å². The molecule has 0 aromatic heterocycles. The number of carbonyl (C=O) groups is 2. The van der Waals surface area contributed by atoms with Crippen molar-refractivity contribution in [1.29, 1.82) is 0 Å². The molecule has 0 radical (unpaired) electrons. The third-order valence-corrected chi connectivity index (χ3v) is 1.94. The van der Waals surface area contributed by atoms with Crippen LogP contribution in [0.3, 0.4) is 0 Å². The molecule has 7 nitrogen and oxygen atoms in total. The monoisotopic (exact) mass is 250 g/mol. The molecule has 0 aromatic rings. The van der Waals surface area contributed by atoms with Gasteiger partial charge in [-0.3, -0.25) is 4.79 Å². The van der Waals surface area contributed by atoms with Crippen molar-refractivity contribution in [2.75, 3.05) is 6.61 Å². The van der Waals surface area contributed by atoms with Gasteiger partial charge in [0.15, 0.2) is 0 Å². The highest BCUT2D eigenvalue weighted by atomic mass is 16.5. The van der Waals surface area contributed by atoms with E-state index in [9.17, 15) is 19.8 Å². The summed E-state index contributed by atoms with van der Waals surface area (Å²) in [4.78, 5) is 22.3. The van der Waals surface area contributed by atoms with Crippen LogP contribution in [0.4, 0.5) is 0 Å². The maximum absolute atomic E-state index is 11.2. The highest BCUT2D eigenvalue weighted by molar-refractivity contribution is 6.33. The molecule has 0 saturated heterocycles. The second-order valence-corrected chi connectivity index (χ2v) is 3.89. The SMILES string of the molecule is CC(C)OC(=O)C(=O)C[C@@H](O)[C@H](O)[C@H](O)CO. The van der Waals surface area contributed by atoms with E-state index in [-0.39, 0.29) is 0 Å². The third kappa shape index (κ3) is 5.73. The Morgan fingerprint density at radius 3 is 2.06 bits per heavy atom. The zero-order valence-electron chi connectivity index (χ0n) is 9.74. The van der Waals surface area contributed by atoms with E-state index in [0.29, 0.717) is 0 Å². The predicted octanol–water partition coefficient (Wildman–Crippen LogP) is -2.03. The van der Waals surface area contributed by atoms with Gasteiger partial charge in [-0.1, -0.05) is 0 Å². The molecule has 0 bridgehead atoms. The van der Waals surface area contributed by atoms with E-state index in [1.807, 2.05) is 0 Å². The lowest BCUT2D eigenvalue weighted by Gasteiger charge is -2.20. The molecule has 3 atom stereocenters. The maximum Gasteiger partial charge on any atom is 0.374 e. The summed E-state index contributed by atoms with van der Waals surface area (Å²) in [5.41, 5.74) is 0. The maximum atomic E-state index is 11.2. The first kappa shape index (κ1) is 16.0. The van der Waals surface area contributed by atoms with Gasteiger partial charge in [-0.25, -0.2) is 4.79 Å². The smallest absolute Gasteiger partial charge is 0.374 e. The van der Waals surface area contributed by atoms with Crippen molar-refractivity contribution in [2.45, 2.75) is 44.7 Å². The summed E-state index contributed by atoms with van der Waals surface area (Å²) in [7, 11) is 0. The fourth-order valence-corrected chi connectivity index (χ4v) is 1.04. The van der Waals surface area contributed by atoms with Crippen molar-refractivity contribution >= 4 is 11.8 Å². The highest BCUT2D eigenvalue weighted by Gasteiger charge is 2.29. The summed E-state index contributed by atoms with van der Waals surface area (Å²) in [6.07, 6.45) is -6.04. The van der Waals surface area contributed by atoms with Gasteiger partial charge in [0.2, 0.25) is 5.78 Å². The molecule has 0 heterocycles. The Bertz CT molecular complexity index is 263. The van der Waals surface area contributed by atoms with E-state index in [1.165, 1.54) is 0 Å². The summed E-state index contributed by atoms with van der Waals surface area (Å²) in [6.45, 7) is 2.36. The molecule has 0 spiro atoms. The normalized spacial score (nSPS) is 16.4. The van der Waals surface area contributed by atoms with Crippen molar-refractivity contribution in [1.82, 2.24) is 0 Å². The molecule has 0 rings (SSSR count). The van der Waals surface area contributed by atoms with Gasteiger partial charge in [0, 0.05) is 6.42 Å². The van der Waals surface area contributed by atoms with Crippen LogP contribution < -0.4 is 0 Å². The van der Waals surface area contributed by atoms with Crippen molar-refractivity contribution < 1.29 is 34.8 Å². The number of ketones is 1. The molecule has 0 fully saturated rings. The fraction of sp³-hybridized carbons (Fsp3) is 0.800.